The van der Waals surface area contributed by atoms with E-state index in [1.54, 1.807) is 6.26 Å². The highest BCUT2D eigenvalue weighted by Crippen LogP contribution is 1.82. The van der Waals surface area contributed by atoms with Gasteiger partial charge in [0.15, 0.2) is 0 Å². The first kappa shape index (κ1) is 6.49. The summed E-state index contributed by atoms with van der Waals surface area (Å²) in [6.45, 7) is 0. The van der Waals surface area contributed by atoms with Crippen LogP contribution >= 0.6 is 11.8 Å². The Morgan fingerprint density at radius 1 is 2.00 bits per heavy atom. The first-order chi connectivity index (χ1) is 3.27. The second kappa shape index (κ2) is 3.67. The van der Waals surface area contributed by atoms with Crippen LogP contribution in [0.5, 0.6) is 0 Å². The summed E-state index contributed by atoms with van der Waals surface area (Å²) in [4.78, 5) is 12.5. The molecule has 0 heterocycles. The molecule has 0 aliphatic heterocycles. The van der Waals surface area contributed by atoms with Crippen LogP contribution < -0.4 is 0 Å². The number of hydrogen-bond acceptors (Lipinski definition) is 2. The third kappa shape index (κ3) is 5.49. The summed E-state index contributed by atoms with van der Waals surface area (Å²) in [5, 5.41) is 7.83. The molecule has 0 aromatic heterocycles. The van der Waals surface area contributed by atoms with Crippen molar-refractivity contribution in [3.05, 3.63) is 0 Å². The Balaban J connectivity index is 3.26. The molecule has 7 heavy (non-hydrogen) atoms. The molecule has 40 valence electrons. The fraction of sp³-hybridized carbons (Fsp3) is 0.333. The van der Waals surface area contributed by atoms with Gasteiger partial charge in [-0.15, -0.1) is 11.8 Å². The molecule has 0 aromatic carbocycles. The van der Waals surface area contributed by atoms with E-state index < -0.39 is 6.09 Å². The van der Waals surface area contributed by atoms with Gasteiger partial charge < -0.3 is 5.11 Å². The van der Waals surface area contributed by atoms with Gasteiger partial charge in [0.25, 0.3) is 0 Å². The van der Waals surface area contributed by atoms with E-state index in [0.29, 0.717) is 0 Å². The van der Waals surface area contributed by atoms with E-state index in [-0.39, 0.29) is 0 Å². The van der Waals surface area contributed by atoms with Crippen molar-refractivity contribution in [1.82, 2.24) is 0 Å². The molecular formula is C3H5NO2S. The third-order valence-electron chi connectivity index (χ3n) is 0.269. The van der Waals surface area contributed by atoms with Crippen molar-refractivity contribution >= 4 is 23.4 Å². The normalized spacial score (nSPS) is 9.86. The highest BCUT2D eigenvalue weighted by molar-refractivity contribution is 8.11. The zero-order valence-corrected chi connectivity index (χ0v) is 4.60. The second-order valence-electron chi connectivity index (χ2n) is 0.753. The fourth-order valence-electron chi connectivity index (χ4n) is 0.0978. The van der Waals surface area contributed by atoms with Crippen LogP contribution in [0.3, 0.4) is 0 Å². The Bertz CT molecular complexity index is 90.9. The molecular weight excluding hydrogens is 114 g/mol. The summed E-state index contributed by atoms with van der Waals surface area (Å²) in [6.07, 6.45) is 0.598. The van der Waals surface area contributed by atoms with Crippen molar-refractivity contribution in [2.24, 2.45) is 4.99 Å². The molecule has 4 heteroatoms. The maximum atomic E-state index is 9.55. The molecule has 0 bridgehead atoms. The van der Waals surface area contributed by atoms with Gasteiger partial charge in [0.2, 0.25) is 0 Å². The Labute approximate surface area is 45.4 Å². The molecule has 0 spiro atoms. The van der Waals surface area contributed by atoms with E-state index >= 15 is 0 Å². The SMILES string of the molecule is CSC=NC(=O)O. The van der Waals surface area contributed by atoms with Crippen LogP contribution in [0.1, 0.15) is 0 Å². The molecule has 0 aliphatic carbocycles. The van der Waals surface area contributed by atoms with E-state index in [4.69, 9.17) is 5.11 Å². The monoisotopic (exact) mass is 119 g/mol. The summed E-state index contributed by atoms with van der Waals surface area (Å²) in [5.74, 6) is 0. The van der Waals surface area contributed by atoms with Crippen molar-refractivity contribution < 1.29 is 9.90 Å². The van der Waals surface area contributed by atoms with Crippen LogP contribution in [0, 0.1) is 0 Å². The van der Waals surface area contributed by atoms with Crippen molar-refractivity contribution in [3.8, 4) is 0 Å². The first-order valence-corrected chi connectivity index (χ1v) is 2.84. The predicted octanol–water partition coefficient (Wildman–Crippen LogP) is 1.06. The Morgan fingerprint density at radius 3 is 2.71 bits per heavy atom. The molecule has 0 rings (SSSR count). The van der Waals surface area contributed by atoms with Crippen LogP contribution in [-0.2, 0) is 0 Å². The average molecular weight is 119 g/mol. The number of nitrogens with zero attached hydrogens (tertiary/aromatic N) is 1. The number of carbonyl (C=O) groups is 1. The molecule has 0 fully saturated rings. The minimum absolute atomic E-state index is 1.14. The van der Waals surface area contributed by atoms with Crippen molar-refractivity contribution in [2.75, 3.05) is 6.26 Å². The Morgan fingerprint density at radius 2 is 2.57 bits per heavy atom. The second-order valence-corrected chi connectivity index (χ2v) is 1.44. The largest absolute Gasteiger partial charge is 0.463 e. The van der Waals surface area contributed by atoms with Crippen LogP contribution in [-0.4, -0.2) is 23.0 Å². The van der Waals surface area contributed by atoms with Gasteiger partial charge in [0.1, 0.15) is 0 Å². The lowest BCUT2D eigenvalue weighted by Crippen LogP contribution is -1.82. The highest BCUT2D eigenvalue weighted by atomic mass is 32.2. The summed E-state index contributed by atoms with van der Waals surface area (Å²) in [6, 6.07) is 0. The van der Waals surface area contributed by atoms with Gasteiger partial charge in [-0.1, -0.05) is 0 Å². The molecule has 0 saturated carbocycles. The number of rotatable bonds is 1. The van der Waals surface area contributed by atoms with E-state index in [0.717, 1.165) is 0 Å². The highest BCUT2D eigenvalue weighted by Gasteiger charge is 1.80. The molecule has 0 aliphatic rings. The van der Waals surface area contributed by atoms with E-state index in [1.165, 1.54) is 17.3 Å². The fourth-order valence-corrected chi connectivity index (χ4v) is 0.293. The summed E-state index contributed by atoms with van der Waals surface area (Å²) < 4.78 is 0. The maximum absolute atomic E-state index is 9.55. The zero-order chi connectivity index (χ0) is 5.70. The lowest BCUT2D eigenvalue weighted by Gasteiger charge is -1.73. The van der Waals surface area contributed by atoms with Crippen LogP contribution in [0.4, 0.5) is 4.79 Å². The molecule has 0 atom stereocenters. The molecule has 1 amide bonds. The lowest BCUT2D eigenvalue weighted by molar-refractivity contribution is 0.206. The van der Waals surface area contributed by atoms with Gasteiger partial charge in [-0.25, -0.2) is 4.79 Å². The first-order valence-electron chi connectivity index (χ1n) is 1.55. The van der Waals surface area contributed by atoms with Crippen LogP contribution in [0.15, 0.2) is 4.99 Å². The standard InChI is InChI=1S/C3H5NO2S/c1-7-2-4-3(5)6/h2H,1H3,(H,5,6). The van der Waals surface area contributed by atoms with Crippen LogP contribution in [0.2, 0.25) is 0 Å². The van der Waals surface area contributed by atoms with Gasteiger partial charge in [-0.3, -0.25) is 0 Å². The van der Waals surface area contributed by atoms with E-state index in [2.05, 4.69) is 4.99 Å². The van der Waals surface area contributed by atoms with E-state index in [9.17, 15) is 4.79 Å². The minimum atomic E-state index is -1.14. The number of amides is 1. The molecule has 0 radical (unpaired) electrons. The number of aliphatic imine (C=N–C) groups is 1. The van der Waals surface area contributed by atoms with Crippen LogP contribution in [0.25, 0.3) is 0 Å². The Kier molecular flexibility index (Phi) is 3.40. The minimum Gasteiger partial charge on any atom is -0.463 e. The number of carboxylic acid groups (broad SMARTS) is 1. The topological polar surface area (TPSA) is 49.7 Å². The van der Waals surface area contributed by atoms with Crippen molar-refractivity contribution in [1.29, 1.82) is 0 Å². The predicted molar refractivity (Wildman–Crippen MR) is 30.0 cm³/mol. The van der Waals surface area contributed by atoms with Gasteiger partial charge in [0.05, 0.1) is 5.55 Å². The number of hydrogen-bond donors (Lipinski definition) is 1. The number of thioether (sulfide) groups is 1. The quantitative estimate of drug-likeness (QED) is 0.414. The van der Waals surface area contributed by atoms with E-state index in [1.807, 2.05) is 0 Å². The molecule has 3 nitrogen and oxygen atoms in total. The summed E-state index contributed by atoms with van der Waals surface area (Å²) >= 11 is 1.26. The van der Waals surface area contributed by atoms with Gasteiger partial charge >= 0.3 is 6.09 Å². The molecule has 1 N–H and O–H groups in total. The third-order valence-corrected chi connectivity index (χ3v) is 0.585. The smallest absolute Gasteiger partial charge is 0.431 e. The van der Waals surface area contributed by atoms with Crippen molar-refractivity contribution in [3.63, 3.8) is 0 Å². The average Bonchev–Trinajstić information content (AvgIpc) is 1.61. The molecule has 0 aromatic rings. The van der Waals surface area contributed by atoms with Crippen molar-refractivity contribution in [2.45, 2.75) is 0 Å². The van der Waals surface area contributed by atoms with Gasteiger partial charge in [-0.2, -0.15) is 4.99 Å². The Hall–Kier alpha value is -0.510. The lowest BCUT2D eigenvalue weighted by atomic mass is 11.2. The zero-order valence-electron chi connectivity index (χ0n) is 3.79. The van der Waals surface area contributed by atoms with Gasteiger partial charge in [-0.05, 0) is 6.26 Å². The summed E-state index contributed by atoms with van der Waals surface area (Å²) in [7, 11) is 0. The summed E-state index contributed by atoms with van der Waals surface area (Å²) in [5.41, 5.74) is 1.27. The maximum Gasteiger partial charge on any atom is 0.431 e. The molecule has 0 saturated heterocycles. The van der Waals surface area contributed by atoms with Gasteiger partial charge in [0, 0.05) is 0 Å². The molecule has 0 unspecified atom stereocenters.